The summed E-state index contributed by atoms with van der Waals surface area (Å²) in [6.45, 7) is 3.48. The van der Waals surface area contributed by atoms with E-state index in [1.807, 2.05) is 13.0 Å². The van der Waals surface area contributed by atoms with E-state index in [0.717, 1.165) is 23.4 Å². The van der Waals surface area contributed by atoms with Crippen LogP contribution in [0.1, 0.15) is 34.0 Å². The Morgan fingerprint density at radius 3 is 2.35 bits per heavy atom. The second kappa shape index (κ2) is 5.25. The highest BCUT2D eigenvalue weighted by atomic mass is 19.4. The van der Waals surface area contributed by atoms with Gasteiger partial charge in [-0.15, -0.1) is 0 Å². The van der Waals surface area contributed by atoms with Crippen molar-refractivity contribution in [2.24, 2.45) is 5.73 Å². The summed E-state index contributed by atoms with van der Waals surface area (Å²) in [5, 5.41) is 0. The summed E-state index contributed by atoms with van der Waals surface area (Å²) in [5.41, 5.74) is 8.35. The van der Waals surface area contributed by atoms with E-state index in [1.54, 1.807) is 19.2 Å². The lowest BCUT2D eigenvalue weighted by atomic mass is 9.94. The Balaban J connectivity index is 2.38. The summed E-state index contributed by atoms with van der Waals surface area (Å²) < 4.78 is 37.9. The van der Waals surface area contributed by atoms with Crippen molar-refractivity contribution in [2.75, 3.05) is 0 Å². The van der Waals surface area contributed by atoms with Crippen molar-refractivity contribution in [1.29, 1.82) is 0 Å². The lowest BCUT2D eigenvalue weighted by molar-refractivity contribution is -0.137. The number of alkyl halides is 3. The third kappa shape index (κ3) is 2.99. The number of aromatic nitrogens is 1. The molecule has 0 spiro atoms. The van der Waals surface area contributed by atoms with Crippen molar-refractivity contribution in [1.82, 2.24) is 4.98 Å². The molecular formula is C15H15F3N2. The van der Waals surface area contributed by atoms with Gasteiger partial charge in [-0.1, -0.05) is 6.07 Å². The van der Waals surface area contributed by atoms with Gasteiger partial charge in [-0.3, -0.25) is 4.98 Å². The second-order valence-corrected chi connectivity index (χ2v) is 4.78. The van der Waals surface area contributed by atoms with Gasteiger partial charge in [0, 0.05) is 11.9 Å². The predicted molar refractivity (Wildman–Crippen MR) is 71.2 cm³/mol. The Bertz CT molecular complexity index is 621. The largest absolute Gasteiger partial charge is 0.416 e. The highest BCUT2D eigenvalue weighted by Gasteiger charge is 2.30. The number of nitrogens with two attached hydrogens (primary N) is 1. The van der Waals surface area contributed by atoms with Crippen LogP contribution in [0.4, 0.5) is 13.2 Å². The van der Waals surface area contributed by atoms with Crippen LogP contribution >= 0.6 is 0 Å². The maximum atomic E-state index is 12.6. The van der Waals surface area contributed by atoms with Gasteiger partial charge in [-0.05, 0) is 54.8 Å². The van der Waals surface area contributed by atoms with Crippen LogP contribution in [-0.4, -0.2) is 4.98 Å². The fraction of sp³-hybridized carbons (Fsp3) is 0.267. The molecule has 0 aliphatic heterocycles. The van der Waals surface area contributed by atoms with Gasteiger partial charge in [0.1, 0.15) is 0 Å². The normalized spacial score (nSPS) is 13.3. The van der Waals surface area contributed by atoms with E-state index in [0.29, 0.717) is 11.1 Å². The van der Waals surface area contributed by atoms with E-state index in [-0.39, 0.29) is 0 Å². The van der Waals surface area contributed by atoms with E-state index in [2.05, 4.69) is 4.98 Å². The molecule has 2 nitrogen and oxygen atoms in total. The minimum atomic E-state index is -4.33. The predicted octanol–water partition coefficient (Wildman–Crippen LogP) is 3.77. The zero-order valence-electron chi connectivity index (χ0n) is 11.2. The molecule has 0 aliphatic carbocycles. The van der Waals surface area contributed by atoms with Gasteiger partial charge in [0.15, 0.2) is 0 Å². The molecule has 0 aliphatic rings. The fourth-order valence-corrected chi connectivity index (χ4v) is 2.14. The minimum absolute atomic E-state index is 0.459. The SMILES string of the molecule is Cc1cc(C(N)c2ccc(C(F)(F)F)cc2C)ccn1. The monoisotopic (exact) mass is 280 g/mol. The van der Waals surface area contributed by atoms with Crippen molar-refractivity contribution in [2.45, 2.75) is 26.1 Å². The number of halogens is 3. The maximum absolute atomic E-state index is 12.6. The first-order valence-corrected chi connectivity index (χ1v) is 6.15. The van der Waals surface area contributed by atoms with Gasteiger partial charge in [-0.25, -0.2) is 0 Å². The standard InChI is InChI=1S/C15H15F3N2/c1-9-7-12(15(16,17)18)3-4-13(9)14(19)11-5-6-20-10(2)8-11/h3-8,14H,19H2,1-2H3. The Morgan fingerprint density at radius 2 is 1.80 bits per heavy atom. The molecule has 1 aromatic carbocycles. The lowest BCUT2D eigenvalue weighted by Crippen LogP contribution is -2.15. The molecule has 20 heavy (non-hydrogen) atoms. The third-order valence-electron chi connectivity index (χ3n) is 3.21. The zero-order chi connectivity index (χ0) is 14.9. The molecule has 0 radical (unpaired) electrons. The van der Waals surface area contributed by atoms with Crippen molar-refractivity contribution in [3.63, 3.8) is 0 Å². The topological polar surface area (TPSA) is 38.9 Å². The van der Waals surface area contributed by atoms with Gasteiger partial charge in [-0.2, -0.15) is 13.2 Å². The average Bonchev–Trinajstić information content (AvgIpc) is 2.36. The third-order valence-corrected chi connectivity index (χ3v) is 3.21. The molecule has 5 heteroatoms. The van der Waals surface area contributed by atoms with Gasteiger partial charge < -0.3 is 5.73 Å². The molecule has 2 N–H and O–H groups in total. The Kier molecular flexibility index (Phi) is 3.81. The smallest absolute Gasteiger partial charge is 0.320 e. The van der Waals surface area contributed by atoms with Crippen LogP contribution in [0.3, 0.4) is 0 Å². The molecular weight excluding hydrogens is 265 g/mol. The number of nitrogens with zero attached hydrogens (tertiary/aromatic N) is 1. The van der Waals surface area contributed by atoms with Crippen LogP contribution < -0.4 is 5.73 Å². The van der Waals surface area contributed by atoms with Crippen molar-refractivity contribution in [3.05, 3.63) is 64.5 Å². The number of benzene rings is 1. The summed E-state index contributed by atoms with van der Waals surface area (Å²) in [6, 6.07) is 6.79. The van der Waals surface area contributed by atoms with Crippen LogP contribution in [0.5, 0.6) is 0 Å². The average molecular weight is 280 g/mol. The van der Waals surface area contributed by atoms with E-state index >= 15 is 0 Å². The van der Waals surface area contributed by atoms with E-state index in [4.69, 9.17) is 5.73 Å². The zero-order valence-corrected chi connectivity index (χ0v) is 11.2. The van der Waals surface area contributed by atoms with Gasteiger partial charge in [0.25, 0.3) is 0 Å². The maximum Gasteiger partial charge on any atom is 0.416 e. The van der Waals surface area contributed by atoms with E-state index < -0.39 is 17.8 Å². The summed E-state index contributed by atoms with van der Waals surface area (Å²) in [6.07, 6.45) is -2.69. The van der Waals surface area contributed by atoms with Crippen LogP contribution in [-0.2, 0) is 6.18 Å². The summed E-state index contributed by atoms with van der Waals surface area (Å²) in [4.78, 5) is 4.08. The summed E-state index contributed by atoms with van der Waals surface area (Å²) in [5.74, 6) is 0. The first-order chi connectivity index (χ1) is 9.29. The molecule has 106 valence electrons. The van der Waals surface area contributed by atoms with Crippen LogP contribution in [0.25, 0.3) is 0 Å². The Labute approximate surface area is 115 Å². The minimum Gasteiger partial charge on any atom is -0.320 e. The molecule has 1 aromatic heterocycles. The Morgan fingerprint density at radius 1 is 1.10 bits per heavy atom. The lowest BCUT2D eigenvalue weighted by Gasteiger charge is -2.17. The van der Waals surface area contributed by atoms with E-state index in [9.17, 15) is 13.2 Å². The van der Waals surface area contributed by atoms with E-state index in [1.165, 1.54) is 6.07 Å². The molecule has 0 saturated heterocycles. The van der Waals surface area contributed by atoms with Gasteiger partial charge in [0.2, 0.25) is 0 Å². The molecule has 1 heterocycles. The summed E-state index contributed by atoms with van der Waals surface area (Å²) in [7, 11) is 0. The Hall–Kier alpha value is -1.88. The van der Waals surface area contributed by atoms with Crippen molar-refractivity contribution < 1.29 is 13.2 Å². The molecule has 1 unspecified atom stereocenters. The first-order valence-electron chi connectivity index (χ1n) is 6.15. The highest BCUT2D eigenvalue weighted by Crippen LogP contribution is 2.32. The number of hydrogen-bond donors (Lipinski definition) is 1. The van der Waals surface area contributed by atoms with Crippen LogP contribution in [0, 0.1) is 13.8 Å². The number of hydrogen-bond acceptors (Lipinski definition) is 2. The van der Waals surface area contributed by atoms with Crippen molar-refractivity contribution in [3.8, 4) is 0 Å². The number of aryl methyl sites for hydroxylation is 2. The van der Waals surface area contributed by atoms with Gasteiger partial charge >= 0.3 is 6.18 Å². The number of pyridine rings is 1. The molecule has 0 saturated carbocycles. The van der Waals surface area contributed by atoms with Crippen LogP contribution in [0.2, 0.25) is 0 Å². The molecule has 0 fully saturated rings. The molecule has 1 atom stereocenters. The second-order valence-electron chi connectivity index (χ2n) is 4.78. The fourth-order valence-electron chi connectivity index (χ4n) is 2.14. The molecule has 2 aromatic rings. The number of rotatable bonds is 2. The quantitative estimate of drug-likeness (QED) is 0.909. The molecule has 2 rings (SSSR count). The summed E-state index contributed by atoms with van der Waals surface area (Å²) >= 11 is 0. The highest BCUT2D eigenvalue weighted by molar-refractivity contribution is 5.39. The van der Waals surface area contributed by atoms with Crippen LogP contribution in [0.15, 0.2) is 36.5 Å². The van der Waals surface area contributed by atoms with Crippen molar-refractivity contribution >= 4 is 0 Å². The first kappa shape index (κ1) is 14.5. The van der Waals surface area contributed by atoms with Gasteiger partial charge in [0.05, 0.1) is 11.6 Å². The molecule has 0 bridgehead atoms. The molecule has 0 amide bonds.